The van der Waals surface area contributed by atoms with Gasteiger partial charge in [-0.05, 0) is 12.8 Å². The summed E-state index contributed by atoms with van der Waals surface area (Å²) in [7, 11) is -3.23. The maximum absolute atomic E-state index is 13.4. The first-order valence-electron chi connectivity index (χ1n) is 5.89. The van der Waals surface area contributed by atoms with Gasteiger partial charge in [0.2, 0.25) is 5.82 Å². The van der Waals surface area contributed by atoms with Crippen LogP contribution in [0.1, 0.15) is 12.8 Å². The predicted molar refractivity (Wildman–Crippen MR) is 68.3 cm³/mol. The van der Waals surface area contributed by atoms with Gasteiger partial charge in [0.15, 0.2) is 9.84 Å². The molecule has 6 nitrogen and oxygen atoms in total. The summed E-state index contributed by atoms with van der Waals surface area (Å²) in [6, 6.07) is 0.622. The molecule has 0 radical (unpaired) electrons. The van der Waals surface area contributed by atoms with E-state index in [2.05, 4.69) is 5.32 Å². The molecule has 1 aliphatic heterocycles. The Balaban J connectivity index is 2.31. The molecule has 0 spiro atoms. The molecule has 1 heterocycles. The van der Waals surface area contributed by atoms with Crippen LogP contribution in [0.2, 0.25) is 0 Å². The number of rotatable bonds is 3. The molecule has 0 aliphatic carbocycles. The van der Waals surface area contributed by atoms with Crippen LogP contribution in [0.5, 0.6) is 0 Å². The lowest BCUT2D eigenvalue weighted by Gasteiger charge is -2.23. The van der Waals surface area contributed by atoms with E-state index in [-0.39, 0.29) is 17.2 Å². The average Bonchev–Trinajstić information content (AvgIpc) is 2.25. The van der Waals surface area contributed by atoms with Gasteiger partial charge in [-0.25, -0.2) is 12.8 Å². The van der Waals surface area contributed by atoms with E-state index in [0.29, 0.717) is 18.9 Å². The number of hydrogen-bond acceptors (Lipinski definition) is 5. The molecule has 1 fully saturated rings. The molecule has 1 N–H and O–H groups in total. The van der Waals surface area contributed by atoms with Crippen LogP contribution < -0.4 is 5.32 Å². The van der Waals surface area contributed by atoms with E-state index in [0.717, 1.165) is 6.07 Å². The van der Waals surface area contributed by atoms with Crippen LogP contribution in [0.15, 0.2) is 12.1 Å². The van der Waals surface area contributed by atoms with Crippen molar-refractivity contribution in [3.63, 3.8) is 0 Å². The highest BCUT2D eigenvalue weighted by Crippen LogP contribution is 2.30. The Bertz CT molecular complexity index is 648. The smallest absolute Gasteiger partial charge is 0.327 e. The highest BCUT2D eigenvalue weighted by Gasteiger charge is 2.28. The fraction of sp³-hybridized carbons (Fsp3) is 0.455. The molecule has 9 heteroatoms. The lowest BCUT2D eigenvalue weighted by Crippen LogP contribution is -2.35. The summed E-state index contributed by atoms with van der Waals surface area (Å²) in [4.78, 5) is 9.84. The van der Waals surface area contributed by atoms with Crippen LogP contribution in [0, 0.1) is 21.7 Å². The van der Waals surface area contributed by atoms with Gasteiger partial charge in [0.25, 0.3) is 0 Å². The van der Waals surface area contributed by atoms with Crippen LogP contribution in [0.4, 0.5) is 20.2 Å². The third kappa shape index (κ3) is 3.21. The van der Waals surface area contributed by atoms with Gasteiger partial charge in [-0.1, -0.05) is 0 Å². The summed E-state index contributed by atoms with van der Waals surface area (Å²) < 4.78 is 49.5. The topological polar surface area (TPSA) is 89.3 Å². The standard InChI is InChI=1S/C11H12F2N2O4S/c12-7-4-9(13)11(15(16)17)10(5-7)14-8-2-1-3-20(18,19)6-8/h4-5,8,14H,1-3,6H2. The van der Waals surface area contributed by atoms with Gasteiger partial charge < -0.3 is 5.32 Å². The van der Waals surface area contributed by atoms with E-state index in [9.17, 15) is 27.3 Å². The Morgan fingerprint density at radius 3 is 2.65 bits per heavy atom. The largest absolute Gasteiger partial charge is 0.376 e. The number of anilines is 1. The van der Waals surface area contributed by atoms with E-state index in [1.807, 2.05) is 0 Å². The molecule has 0 amide bonds. The first kappa shape index (κ1) is 14.6. The summed E-state index contributed by atoms with van der Waals surface area (Å²) >= 11 is 0. The summed E-state index contributed by atoms with van der Waals surface area (Å²) in [5, 5.41) is 13.4. The zero-order valence-electron chi connectivity index (χ0n) is 10.3. The SMILES string of the molecule is O=[N+]([O-])c1c(F)cc(F)cc1NC1CCCS(=O)(=O)C1. The Labute approximate surface area is 113 Å². The molecule has 1 aliphatic rings. The monoisotopic (exact) mass is 306 g/mol. The molecule has 110 valence electrons. The number of nitro benzene ring substituents is 1. The van der Waals surface area contributed by atoms with E-state index >= 15 is 0 Å². The van der Waals surface area contributed by atoms with Crippen molar-refractivity contribution in [1.82, 2.24) is 0 Å². The highest BCUT2D eigenvalue weighted by atomic mass is 32.2. The van der Waals surface area contributed by atoms with Crippen molar-refractivity contribution < 1.29 is 22.1 Å². The minimum absolute atomic E-state index is 0.0603. The van der Waals surface area contributed by atoms with Gasteiger partial charge in [-0.15, -0.1) is 0 Å². The van der Waals surface area contributed by atoms with E-state index in [1.165, 1.54) is 0 Å². The zero-order chi connectivity index (χ0) is 14.9. The molecule has 1 atom stereocenters. The van der Waals surface area contributed by atoms with Crippen LogP contribution in [0.3, 0.4) is 0 Å². The number of nitrogens with one attached hydrogen (secondary N) is 1. The Morgan fingerprint density at radius 2 is 2.05 bits per heavy atom. The second-order valence-electron chi connectivity index (χ2n) is 4.64. The molecule has 2 rings (SSSR count). The Morgan fingerprint density at radius 1 is 1.35 bits per heavy atom. The Hall–Kier alpha value is -1.77. The van der Waals surface area contributed by atoms with Crippen molar-refractivity contribution in [2.24, 2.45) is 0 Å². The van der Waals surface area contributed by atoms with Crippen LogP contribution in [-0.4, -0.2) is 30.9 Å². The quantitative estimate of drug-likeness (QED) is 0.680. The molecular weight excluding hydrogens is 294 g/mol. The van der Waals surface area contributed by atoms with Gasteiger partial charge in [-0.2, -0.15) is 4.39 Å². The number of nitrogens with zero attached hydrogens (tertiary/aromatic N) is 1. The average molecular weight is 306 g/mol. The van der Waals surface area contributed by atoms with Crippen molar-refractivity contribution in [3.8, 4) is 0 Å². The summed E-state index contributed by atoms with van der Waals surface area (Å²) in [6.07, 6.45) is 0.875. The first-order chi connectivity index (χ1) is 9.28. The fourth-order valence-corrected chi connectivity index (χ4v) is 3.85. The molecule has 0 saturated carbocycles. The van der Waals surface area contributed by atoms with Gasteiger partial charge in [0.05, 0.1) is 16.4 Å². The minimum atomic E-state index is -3.23. The van der Waals surface area contributed by atoms with Crippen molar-refractivity contribution in [1.29, 1.82) is 0 Å². The molecule has 0 aromatic heterocycles. The lowest BCUT2D eigenvalue weighted by atomic mass is 10.1. The maximum Gasteiger partial charge on any atom is 0.327 e. The van der Waals surface area contributed by atoms with Crippen molar-refractivity contribution in [2.45, 2.75) is 18.9 Å². The second-order valence-corrected chi connectivity index (χ2v) is 6.87. The van der Waals surface area contributed by atoms with Crippen molar-refractivity contribution >= 4 is 21.2 Å². The molecule has 1 saturated heterocycles. The number of nitro groups is 1. The van der Waals surface area contributed by atoms with Crippen molar-refractivity contribution in [2.75, 3.05) is 16.8 Å². The van der Waals surface area contributed by atoms with Crippen LogP contribution >= 0.6 is 0 Å². The highest BCUT2D eigenvalue weighted by molar-refractivity contribution is 7.91. The first-order valence-corrected chi connectivity index (χ1v) is 7.71. The van der Waals surface area contributed by atoms with Gasteiger partial charge >= 0.3 is 5.69 Å². The van der Waals surface area contributed by atoms with Crippen LogP contribution in [-0.2, 0) is 9.84 Å². The van der Waals surface area contributed by atoms with Gasteiger partial charge in [0.1, 0.15) is 11.5 Å². The number of hydrogen-bond donors (Lipinski definition) is 1. The normalized spacial score (nSPS) is 21.4. The van der Waals surface area contributed by atoms with E-state index in [4.69, 9.17) is 0 Å². The summed E-state index contributed by atoms with van der Waals surface area (Å²) in [6.45, 7) is 0. The zero-order valence-corrected chi connectivity index (χ0v) is 11.1. The van der Waals surface area contributed by atoms with E-state index < -0.39 is 38.1 Å². The van der Waals surface area contributed by atoms with Gasteiger partial charge in [-0.3, -0.25) is 10.1 Å². The minimum Gasteiger partial charge on any atom is -0.376 e. The second kappa shape index (κ2) is 5.31. The summed E-state index contributed by atoms with van der Waals surface area (Å²) in [5.74, 6) is -2.40. The predicted octanol–water partition coefficient (Wildman–Crippen LogP) is 1.86. The molecule has 1 aromatic carbocycles. The molecule has 0 bridgehead atoms. The molecule has 1 unspecified atom stereocenters. The van der Waals surface area contributed by atoms with Crippen LogP contribution in [0.25, 0.3) is 0 Å². The molecule has 1 aromatic rings. The summed E-state index contributed by atoms with van der Waals surface area (Å²) in [5.41, 5.74) is -1.22. The number of sulfone groups is 1. The third-order valence-corrected chi connectivity index (χ3v) is 4.85. The molecule has 20 heavy (non-hydrogen) atoms. The fourth-order valence-electron chi connectivity index (χ4n) is 2.22. The maximum atomic E-state index is 13.4. The Kier molecular flexibility index (Phi) is 3.89. The number of benzene rings is 1. The number of halogens is 2. The third-order valence-electron chi connectivity index (χ3n) is 3.03. The lowest BCUT2D eigenvalue weighted by molar-refractivity contribution is -0.386. The van der Waals surface area contributed by atoms with Crippen molar-refractivity contribution in [3.05, 3.63) is 33.9 Å². The molecular formula is C11H12F2N2O4S. The van der Waals surface area contributed by atoms with E-state index in [1.54, 1.807) is 0 Å². The van der Waals surface area contributed by atoms with Gasteiger partial charge in [0, 0.05) is 18.2 Å².